The quantitative estimate of drug-likeness (QED) is 0.181. The van der Waals surface area contributed by atoms with Gasteiger partial charge in [-0.1, -0.05) is 83.1 Å². The van der Waals surface area contributed by atoms with Crippen LogP contribution in [0.1, 0.15) is 106 Å². The third kappa shape index (κ3) is 11.3. The first kappa shape index (κ1) is 51.1. The Morgan fingerprint density at radius 1 is 0.766 bits per heavy atom. The fourth-order valence-electron chi connectivity index (χ4n) is 10.9. The molecular weight excluding hydrogens is 825 g/mol. The maximum absolute atomic E-state index is 14.3. The first-order chi connectivity index (χ1) is 30.2. The zero-order valence-corrected chi connectivity index (χ0v) is 38.5. The first-order valence-electron chi connectivity index (χ1n) is 23.4. The van der Waals surface area contributed by atoms with E-state index in [2.05, 4.69) is 19.1 Å². The van der Waals surface area contributed by atoms with E-state index < -0.39 is 90.8 Å². The molecule has 7 aliphatic rings. The van der Waals surface area contributed by atoms with E-state index in [0.29, 0.717) is 43.6 Å². The van der Waals surface area contributed by atoms with Gasteiger partial charge in [0.15, 0.2) is 18.4 Å². The van der Waals surface area contributed by atoms with Crippen LogP contribution in [0, 0.1) is 23.7 Å². The third-order valence-electron chi connectivity index (χ3n) is 14.6. The highest BCUT2D eigenvalue weighted by Gasteiger charge is 2.54. The molecule has 362 valence electrons. The normalized spacial score (nSPS) is 47.4. The van der Waals surface area contributed by atoms with Crippen LogP contribution in [0.15, 0.2) is 60.3 Å². The molecule has 1 spiro atoms. The van der Waals surface area contributed by atoms with Crippen LogP contribution >= 0.6 is 0 Å². The Hall–Kier alpha value is -2.31. The van der Waals surface area contributed by atoms with Crippen molar-refractivity contribution in [2.24, 2.45) is 23.7 Å². The topological polar surface area (TPSA) is 170 Å². The van der Waals surface area contributed by atoms with Crippen molar-refractivity contribution in [3.63, 3.8) is 0 Å². The van der Waals surface area contributed by atoms with Crippen molar-refractivity contribution >= 4 is 5.97 Å². The number of fused-ring (bicyclic) bond motifs is 3. The minimum atomic E-state index is -1.93. The molecule has 14 heteroatoms. The molecule has 5 aliphatic heterocycles. The van der Waals surface area contributed by atoms with E-state index in [4.69, 9.17) is 47.4 Å². The molecule has 2 aliphatic carbocycles. The second kappa shape index (κ2) is 22.2. The van der Waals surface area contributed by atoms with Gasteiger partial charge in [-0.15, -0.1) is 0 Å². The lowest BCUT2D eigenvalue weighted by atomic mass is 9.73. The number of aliphatic hydroxyl groups is 3. The largest absolute Gasteiger partial charge is 0.462 e. The molecule has 1 saturated carbocycles. The number of methoxy groups -OCH3 is 3. The lowest BCUT2D eigenvalue weighted by Crippen LogP contribution is -2.59. The van der Waals surface area contributed by atoms with Gasteiger partial charge in [0.2, 0.25) is 0 Å². The third-order valence-corrected chi connectivity index (χ3v) is 14.6. The predicted molar refractivity (Wildman–Crippen MR) is 239 cm³/mol. The second-order valence-electron chi connectivity index (χ2n) is 19.1. The van der Waals surface area contributed by atoms with Crippen LogP contribution in [0.3, 0.4) is 0 Å². The van der Waals surface area contributed by atoms with Gasteiger partial charge in [0.1, 0.15) is 42.0 Å². The van der Waals surface area contributed by atoms with Crippen LogP contribution in [0.2, 0.25) is 0 Å². The molecule has 5 heterocycles. The molecule has 64 heavy (non-hydrogen) atoms. The van der Waals surface area contributed by atoms with Crippen LogP contribution in [-0.4, -0.2) is 140 Å². The molecule has 14 nitrogen and oxygen atoms in total. The number of ether oxygens (including phenoxy) is 10. The van der Waals surface area contributed by atoms with Crippen LogP contribution in [-0.2, 0) is 52.2 Å². The van der Waals surface area contributed by atoms with Crippen molar-refractivity contribution in [1.82, 2.24) is 0 Å². The molecule has 0 aromatic heterocycles. The van der Waals surface area contributed by atoms with Crippen molar-refractivity contribution < 1.29 is 67.5 Å². The van der Waals surface area contributed by atoms with E-state index in [1.807, 2.05) is 32.1 Å². The Morgan fingerprint density at radius 3 is 2.19 bits per heavy atom. The van der Waals surface area contributed by atoms with E-state index in [-0.39, 0.29) is 37.6 Å². The summed E-state index contributed by atoms with van der Waals surface area (Å²) in [5.41, 5.74) is -1.42. The smallest absolute Gasteiger partial charge is 0.316 e. The predicted octanol–water partition coefficient (Wildman–Crippen LogP) is 6.40. The van der Waals surface area contributed by atoms with E-state index in [1.54, 1.807) is 46.3 Å². The highest BCUT2D eigenvalue weighted by atomic mass is 16.7. The van der Waals surface area contributed by atoms with Crippen LogP contribution < -0.4 is 0 Å². The lowest BCUT2D eigenvalue weighted by Gasteiger charge is -2.49. The number of esters is 1. The summed E-state index contributed by atoms with van der Waals surface area (Å²) in [6, 6.07) is 0. The molecule has 19 atom stereocenters. The van der Waals surface area contributed by atoms with Crippen LogP contribution in [0.25, 0.3) is 0 Å². The Kier molecular flexibility index (Phi) is 17.7. The Morgan fingerprint density at radius 2 is 1.47 bits per heavy atom. The standard InChI is InChI=1S/C49H74O14.CH4/c1-28-15-12-13-21-49(53)36(23-30(3)42(50)46(49)56-8)47(52)59-35-24-34(62-48(27-35)22-20-29(2)44(63-48)33-16-10-9-11-17-33)18-14-19-37(28)60-40-26-39(55-7)45(32(5)58-40)61-41-25-38(54-6)43(51)31(4)57-41;/h12-15,19-23,28-29,31-46,50-51,53H,9-11,16-18,24-27H2,1-8H3;1H4/b15-12+,19-14+,21-13+;/t28-,29-,31-,32-,34+,35-,36-,37+,38-,39-,40-,41-,42+,43-,44-,45-,46+,48+,49+;/m0./s1. The maximum atomic E-state index is 14.3. The molecule has 0 radical (unpaired) electrons. The molecular formula is C50H78O14. The average molecular weight is 903 g/mol. The number of hydrogen-bond donors (Lipinski definition) is 3. The van der Waals surface area contributed by atoms with Crippen molar-refractivity contribution in [3.8, 4) is 0 Å². The zero-order chi connectivity index (χ0) is 45.1. The van der Waals surface area contributed by atoms with E-state index in [0.717, 1.165) is 12.8 Å². The van der Waals surface area contributed by atoms with Crippen molar-refractivity contribution in [2.45, 2.75) is 203 Å². The van der Waals surface area contributed by atoms with Gasteiger partial charge in [0, 0.05) is 58.8 Å². The molecule has 0 amide bonds. The number of rotatable bonds is 8. The molecule has 7 rings (SSSR count). The Labute approximate surface area is 381 Å². The van der Waals surface area contributed by atoms with E-state index in [9.17, 15) is 20.1 Å². The molecule has 3 N–H and O–H groups in total. The maximum Gasteiger partial charge on any atom is 0.316 e. The summed E-state index contributed by atoms with van der Waals surface area (Å²) in [5, 5.41) is 34.0. The number of carbonyl (C=O) groups excluding carboxylic acids is 1. The first-order valence-corrected chi connectivity index (χ1v) is 23.4. The number of allylic oxidation sites excluding steroid dienone is 2. The number of hydrogen-bond acceptors (Lipinski definition) is 14. The van der Waals surface area contributed by atoms with Gasteiger partial charge in [-0.2, -0.15) is 0 Å². The molecule has 0 aromatic rings. The van der Waals surface area contributed by atoms with Gasteiger partial charge in [0.25, 0.3) is 0 Å². The van der Waals surface area contributed by atoms with Gasteiger partial charge in [-0.05, 0) is 63.7 Å². The van der Waals surface area contributed by atoms with Gasteiger partial charge < -0.3 is 62.7 Å². The fraction of sp³-hybridized carbons (Fsp3) is 0.780. The SMILES string of the molecule is C.CO[C@H]1C[C@H](O[C@H]2[C@H](C)O[C@@H](O[C@@H]3/C=C/C[C@@H]4C[C@@H](C[C@]5(C=C[C@H](C)[C@@H](C6CCCCC6)O5)O4)OC(=O)[C@@H]4C=C(C)[C@@H](O)[C@@H](OC)[C@@]4(O)/C=C/C=C/[C@@H]3C)C[C@@H]2OC)O[C@@H](C)[C@@H]1O. The highest BCUT2D eigenvalue weighted by molar-refractivity contribution is 5.78. The summed E-state index contributed by atoms with van der Waals surface area (Å²) >= 11 is 0. The fourth-order valence-corrected chi connectivity index (χ4v) is 10.9. The molecule has 4 fully saturated rings. The minimum Gasteiger partial charge on any atom is -0.462 e. The summed E-state index contributed by atoms with van der Waals surface area (Å²) in [6.45, 7) is 9.68. The van der Waals surface area contributed by atoms with Crippen LogP contribution in [0.5, 0.6) is 0 Å². The average Bonchev–Trinajstić information content (AvgIpc) is 3.26. The van der Waals surface area contributed by atoms with Gasteiger partial charge >= 0.3 is 5.97 Å². The Balaban J connectivity index is 0.00000680. The van der Waals surface area contributed by atoms with Crippen molar-refractivity contribution in [3.05, 3.63) is 60.3 Å². The summed E-state index contributed by atoms with van der Waals surface area (Å²) < 4.78 is 63.3. The summed E-state index contributed by atoms with van der Waals surface area (Å²) in [6.07, 6.45) is 16.7. The lowest BCUT2D eigenvalue weighted by molar-refractivity contribution is -0.318. The summed E-state index contributed by atoms with van der Waals surface area (Å²) in [7, 11) is 4.63. The molecule has 2 bridgehead atoms. The number of carbonyl (C=O) groups is 1. The molecule has 0 unspecified atom stereocenters. The molecule has 3 saturated heterocycles. The highest BCUT2D eigenvalue weighted by Crippen LogP contribution is 2.45. The minimum absolute atomic E-state index is 0. The zero-order valence-electron chi connectivity index (χ0n) is 38.5. The number of aliphatic hydroxyl groups excluding tert-OH is 2. The van der Waals surface area contributed by atoms with E-state index in [1.165, 1.54) is 32.4 Å². The molecule has 0 aromatic carbocycles. The van der Waals surface area contributed by atoms with Gasteiger partial charge in [-0.25, -0.2) is 0 Å². The Bertz CT molecular complexity index is 1670. The van der Waals surface area contributed by atoms with Crippen LogP contribution in [0.4, 0.5) is 0 Å². The summed E-state index contributed by atoms with van der Waals surface area (Å²) in [4.78, 5) is 14.3. The van der Waals surface area contributed by atoms with Crippen molar-refractivity contribution in [2.75, 3.05) is 21.3 Å². The second-order valence-corrected chi connectivity index (χ2v) is 19.1. The van der Waals surface area contributed by atoms with Crippen molar-refractivity contribution in [1.29, 1.82) is 0 Å². The van der Waals surface area contributed by atoms with E-state index >= 15 is 0 Å². The van der Waals surface area contributed by atoms with Gasteiger partial charge in [0.05, 0.1) is 42.7 Å². The van der Waals surface area contributed by atoms with Gasteiger partial charge in [-0.3, -0.25) is 4.79 Å². The monoisotopic (exact) mass is 903 g/mol. The summed E-state index contributed by atoms with van der Waals surface area (Å²) in [5.74, 6) is -2.42.